The number of nitrogens with zero attached hydrogens (tertiary/aromatic N) is 1. The van der Waals surface area contributed by atoms with E-state index >= 15 is 0 Å². The average molecular weight is 584 g/mol. The molecule has 0 saturated carbocycles. The highest BCUT2D eigenvalue weighted by atomic mass is 16.6. The SMILES string of the molecule is CCCCCCCCCCCCOc1ccc(/C=C/C(=O)Oc2cccc(/C=C/C(=O)c3ccc([N+](=O)[O-])cc3)c2)cc1. The van der Waals surface area contributed by atoms with Gasteiger partial charge in [0.1, 0.15) is 11.5 Å². The number of carbonyl (C=O) groups is 2. The van der Waals surface area contributed by atoms with Crippen LogP contribution < -0.4 is 9.47 Å². The monoisotopic (exact) mass is 583 g/mol. The maximum Gasteiger partial charge on any atom is 0.336 e. The van der Waals surface area contributed by atoms with Crippen LogP contribution in [0.4, 0.5) is 5.69 Å². The summed E-state index contributed by atoms with van der Waals surface area (Å²) < 4.78 is 11.3. The first-order chi connectivity index (χ1) is 20.9. The molecule has 0 saturated heterocycles. The minimum absolute atomic E-state index is 0.0788. The maximum atomic E-state index is 12.4. The number of rotatable bonds is 19. The Kier molecular flexibility index (Phi) is 14.4. The van der Waals surface area contributed by atoms with Gasteiger partial charge < -0.3 is 9.47 Å². The van der Waals surface area contributed by atoms with Gasteiger partial charge in [0.2, 0.25) is 0 Å². The van der Waals surface area contributed by atoms with E-state index in [1.165, 1.54) is 94.2 Å². The van der Waals surface area contributed by atoms with Gasteiger partial charge in [-0.05, 0) is 66.1 Å². The van der Waals surface area contributed by atoms with E-state index in [-0.39, 0.29) is 11.5 Å². The lowest BCUT2D eigenvalue weighted by atomic mass is 10.1. The quantitative estimate of drug-likeness (QED) is 0.0265. The molecular weight excluding hydrogens is 542 g/mol. The van der Waals surface area contributed by atoms with Gasteiger partial charge in [-0.2, -0.15) is 0 Å². The predicted octanol–water partition coefficient (Wildman–Crippen LogP) is 9.41. The van der Waals surface area contributed by atoms with Crippen LogP contribution >= 0.6 is 0 Å². The molecule has 3 rings (SSSR count). The highest BCUT2D eigenvalue weighted by molar-refractivity contribution is 6.06. The summed E-state index contributed by atoms with van der Waals surface area (Å²) in [4.78, 5) is 35.0. The Labute approximate surface area is 254 Å². The number of ether oxygens (including phenoxy) is 2. The van der Waals surface area contributed by atoms with Gasteiger partial charge in [-0.25, -0.2) is 4.79 Å². The van der Waals surface area contributed by atoms with Crippen LogP contribution in [0.1, 0.15) is 92.6 Å². The molecule has 0 N–H and O–H groups in total. The van der Waals surface area contributed by atoms with E-state index < -0.39 is 10.9 Å². The number of allylic oxidation sites excluding steroid dienone is 1. The minimum Gasteiger partial charge on any atom is -0.494 e. The lowest BCUT2D eigenvalue weighted by molar-refractivity contribution is -0.384. The van der Waals surface area contributed by atoms with Crippen molar-refractivity contribution in [2.75, 3.05) is 6.61 Å². The van der Waals surface area contributed by atoms with Gasteiger partial charge in [0.25, 0.3) is 5.69 Å². The third kappa shape index (κ3) is 12.9. The lowest BCUT2D eigenvalue weighted by Crippen LogP contribution is -2.03. The third-order valence-corrected chi connectivity index (χ3v) is 6.92. The van der Waals surface area contributed by atoms with E-state index in [1.807, 2.05) is 24.3 Å². The fourth-order valence-electron chi connectivity index (χ4n) is 4.47. The van der Waals surface area contributed by atoms with E-state index in [0.717, 1.165) is 17.7 Å². The molecule has 0 bridgehead atoms. The largest absolute Gasteiger partial charge is 0.494 e. The Balaban J connectivity index is 1.37. The average Bonchev–Trinajstić information content (AvgIpc) is 3.02. The van der Waals surface area contributed by atoms with Crippen molar-refractivity contribution in [3.05, 3.63) is 112 Å². The minimum atomic E-state index is -0.524. The molecule has 0 spiro atoms. The van der Waals surface area contributed by atoms with Crippen molar-refractivity contribution in [1.29, 1.82) is 0 Å². The molecule has 3 aromatic carbocycles. The van der Waals surface area contributed by atoms with E-state index in [2.05, 4.69) is 6.92 Å². The molecule has 0 aliphatic carbocycles. The number of carbonyl (C=O) groups excluding carboxylic acids is 2. The van der Waals surface area contributed by atoms with Crippen molar-refractivity contribution in [3.8, 4) is 11.5 Å². The topological polar surface area (TPSA) is 95.7 Å². The molecule has 7 heteroatoms. The Hall–Kier alpha value is -4.52. The van der Waals surface area contributed by atoms with Crippen LogP contribution in [-0.2, 0) is 4.79 Å². The molecule has 0 heterocycles. The van der Waals surface area contributed by atoms with Crippen molar-refractivity contribution >= 4 is 29.6 Å². The van der Waals surface area contributed by atoms with Gasteiger partial charge in [0.05, 0.1) is 11.5 Å². The van der Waals surface area contributed by atoms with Gasteiger partial charge in [-0.15, -0.1) is 0 Å². The van der Waals surface area contributed by atoms with E-state index in [9.17, 15) is 19.7 Å². The highest BCUT2D eigenvalue weighted by Crippen LogP contribution is 2.18. The Morgan fingerprint density at radius 3 is 2.00 bits per heavy atom. The standard InChI is InChI=1S/C36H41NO6/c1-2-3-4-5-6-7-8-9-10-11-27-42-33-23-15-29(16-24-33)18-26-36(39)43-34-14-12-13-30(28-34)17-25-35(38)31-19-21-32(22-20-31)37(40)41/h12-26,28H,2-11,27H2,1H3/b25-17+,26-18+. The molecule has 0 amide bonds. The van der Waals surface area contributed by atoms with Gasteiger partial charge in [-0.3, -0.25) is 14.9 Å². The normalized spacial score (nSPS) is 11.2. The molecule has 3 aromatic rings. The first kappa shape index (κ1) is 33.0. The molecule has 226 valence electrons. The molecule has 0 aliphatic heterocycles. The Bertz CT molecular complexity index is 1360. The second-order valence-corrected chi connectivity index (χ2v) is 10.4. The molecule has 0 aliphatic rings. The summed E-state index contributed by atoms with van der Waals surface area (Å²) in [6.45, 7) is 2.96. The zero-order chi connectivity index (χ0) is 30.7. The summed E-state index contributed by atoms with van der Waals surface area (Å²) in [6.07, 6.45) is 18.9. The van der Waals surface area contributed by atoms with Gasteiger partial charge in [0, 0.05) is 23.8 Å². The van der Waals surface area contributed by atoms with Crippen LogP contribution in [0.2, 0.25) is 0 Å². The summed E-state index contributed by atoms with van der Waals surface area (Å²) in [5.74, 6) is 0.336. The summed E-state index contributed by atoms with van der Waals surface area (Å²) in [7, 11) is 0. The van der Waals surface area contributed by atoms with Crippen LogP contribution in [0.3, 0.4) is 0 Å². The molecule has 0 atom stereocenters. The predicted molar refractivity (Wildman–Crippen MR) is 171 cm³/mol. The molecular formula is C36H41NO6. The van der Waals surface area contributed by atoms with E-state index in [4.69, 9.17) is 9.47 Å². The van der Waals surface area contributed by atoms with Crippen molar-refractivity contribution in [2.24, 2.45) is 0 Å². The zero-order valence-corrected chi connectivity index (χ0v) is 24.9. The van der Waals surface area contributed by atoms with Crippen LogP contribution in [0.5, 0.6) is 11.5 Å². The molecule has 0 unspecified atom stereocenters. The summed E-state index contributed by atoms with van der Waals surface area (Å²) in [5.41, 5.74) is 1.77. The smallest absolute Gasteiger partial charge is 0.336 e. The molecule has 43 heavy (non-hydrogen) atoms. The number of unbranched alkanes of at least 4 members (excludes halogenated alkanes) is 9. The maximum absolute atomic E-state index is 12.4. The van der Waals surface area contributed by atoms with Gasteiger partial charge >= 0.3 is 5.97 Å². The second kappa shape index (κ2) is 18.8. The third-order valence-electron chi connectivity index (χ3n) is 6.92. The first-order valence-electron chi connectivity index (χ1n) is 15.1. The van der Waals surface area contributed by atoms with Crippen LogP contribution in [0.15, 0.2) is 84.9 Å². The van der Waals surface area contributed by atoms with Gasteiger partial charge in [0.15, 0.2) is 5.78 Å². The number of nitro groups is 1. The second-order valence-electron chi connectivity index (χ2n) is 10.4. The van der Waals surface area contributed by atoms with Crippen molar-refractivity contribution in [1.82, 2.24) is 0 Å². The first-order valence-corrected chi connectivity index (χ1v) is 15.1. The number of nitro benzene ring substituents is 1. The molecule has 0 radical (unpaired) electrons. The fraction of sp³-hybridized carbons (Fsp3) is 0.333. The van der Waals surface area contributed by atoms with Crippen LogP contribution in [0.25, 0.3) is 12.2 Å². The fourth-order valence-corrected chi connectivity index (χ4v) is 4.47. The zero-order valence-electron chi connectivity index (χ0n) is 24.9. The van der Waals surface area contributed by atoms with Gasteiger partial charge in [-0.1, -0.05) is 95.1 Å². The molecule has 0 fully saturated rings. The lowest BCUT2D eigenvalue weighted by Gasteiger charge is -2.06. The summed E-state index contributed by atoms with van der Waals surface area (Å²) in [6, 6.07) is 19.8. The molecule has 0 aromatic heterocycles. The number of esters is 1. The number of hydrogen-bond donors (Lipinski definition) is 0. The summed E-state index contributed by atoms with van der Waals surface area (Å²) in [5, 5.41) is 10.8. The summed E-state index contributed by atoms with van der Waals surface area (Å²) >= 11 is 0. The Morgan fingerprint density at radius 2 is 1.35 bits per heavy atom. The van der Waals surface area contributed by atoms with Crippen molar-refractivity contribution in [3.63, 3.8) is 0 Å². The van der Waals surface area contributed by atoms with E-state index in [0.29, 0.717) is 23.5 Å². The van der Waals surface area contributed by atoms with Crippen molar-refractivity contribution in [2.45, 2.75) is 71.1 Å². The highest BCUT2D eigenvalue weighted by Gasteiger charge is 2.08. The van der Waals surface area contributed by atoms with Crippen molar-refractivity contribution < 1.29 is 24.0 Å². The number of hydrogen-bond acceptors (Lipinski definition) is 6. The number of benzene rings is 3. The van der Waals surface area contributed by atoms with E-state index in [1.54, 1.807) is 36.4 Å². The Morgan fingerprint density at radius 1 is 0.721 bits per heavy atom. The number of ketones is 1. The van der Waals surface area contributed by atoms with Crippen LogP contribution in [0, 0.1) is 10.1 Å². The number of non-ortho nitro benzene ring substituents is 1. The molecule has 7 nitrogen and oxygen atoms in total. The van der Waals surface area contributed by atoms with Crippen LogP contribution in [-0.4, -0.2) is 23.3 Å².